The zero-order valence-electron chi connectivity index (χ0n) is 17.7. The van der Waals surface area contributed by atoms with Crippen LogP contribution >= 0.6 is 11.6 Å². The fourth-order valence-electron chi connectivity index (χ4n) is 2.95. The maximum atomic E-state index is 12.5. The van der Waals surface area contributed by atoms with E-state index >= 15 is 0 Å². The second-order valence-electron chi connectivity index (χ2n) is 7.39. The lowest BCUT2D eigenvalue weighted by molar-refractivity contribution is -0.000105. The van der Waals surface area contributed by atoms with Gasteiger partial charge < -0.3 is 14.4 Å². The molecule has 11 heteroatoms. The number of aryl methyl sites for hydroxylation is 1. The molecule has 0 aliphatic heterocycles. The molecule has 2 heterocycles. The summed E-state index contributed by atoms with van der Waals surface area (Å²) in [7, 11) is 1.50. The van der Waals surface area contributed by atoms with Crippen molar-refractivity contribution in [2.75, 3.05) is 12.0 Å². The van der Waals surface area contributed by atoms with Crippen molar-refractivity contribution in [1.29, 1.82) is 0 Å². The van der Waals surface area contributed by atoms with Gasteiger partial charge in [-0.15, -0.1) is 0 Å². The number of nitrogens with one attached hydrogen (secondary N) is 2. The molecule has 1 aromatic carbocycles. The standard InChI is InChI=1S/C20H25ClN6O4/c1-11(2)31-10-15(28)9-27-16-17(26(4)20(30)23-18(16)29)22-19(27)25-24-12(3)13-5-7-14(21)8-6-13/h5-8,11,15,28H,9-10H2,1-4H3,(H,22,25)(H,23,29,30)/b24-12+. The number of rotatable bonds is 8. The van der Waals surface area contributed by atoms with Crippen LogP contribution in [0.3, 0.4) is 0 Å². The Hall–Kier alpha value is -2.95. The molecule has 0 aliphatic carbocycles. The van der Waals surface area contributed by atoms with Gasteiger partial charge >= 0.3 is 5.69 Å². The lowest BCUT2D eigenvalue weighted by Crippen LogP contribution is -2.30. The normalized spacial score (nSPS) is 13.2. The summed E-state index contributed by atoms with van der Waals surface area (Å²) in [5.41, 5.74) is 3.48. The number of benzene rings is 1. The van der Waals surface area contributed by atoms with Crippen molar-refractivity contribution in [2.45, 2.75) is 39.5 Å². The Balaban J connectivity index is 2.00. The number of aromatic nitrogens is 4. The number of imidazole rings is 1. The van der Waals surface area contributed by atoms with Gasteiger partial charge in [0.15, 0.2) is 11.2 Å². The number of anilines is 1. The third-order valence-electron chi connectivity index (χ3n) is 4.61. The van der Waals surface area contributed by atoms with Gasteiger partial charge in [-0.25, -0.2) is 10.2 Å². The molecule has 3 N–H and O–H groups in total. The number of halogens is 1. The summed E-state index contributed by atoms with van der Waals surface area (Å²) >= 11 is 5.93. The average Bonchev–Trinajstić information content (AvgIpc) is 3.08. The van der Waals surface area contributed by atoms with Gasteiger partial charge in [-0.3, -0.25) is 14.3 Å². The predicted molar refractivity (Wildman–Crippen MR) is 120 cm³/mol. The molecule has 3 rings (SSSR count). The van der Waals surface area contributed by atoms with Crippen molar-refractivity contribution in [2.24, 2.45) is 12.1 Å². The molecule has 2 aromatic heterocycles. The van der Waals surface area contributed by atoms with Crippen LogP contribution < -0.4 is 16.7 Å². The first kappa shape index (κ1) is 22.7. The van der Waals surface area contributed by atoms with Gasteiger partial charge in [0.2, 0.25) is 5.95 Å². The number of nitrogens with zero attached hydrogens (tertiary/aromatic N) is 4. The number of fused-ring (bicyclic) bond motifs is 1. The van der Waals surface area contributed by atoms with Crippen molar-refractivity contribution in [3.63, 3.8) is 0 Å². The Morgan fingerprint density at radius 3 is 2.65 bits per heavy atom. The summed E-state index contributed by atoms with van der Waals surface area (Å²) in [6.07, 6.45) is -0.957. The molecular formula is C20H25ClN6O4. The molecule has 0 spiro atoms. The van der Waals surface area contributed by atoms with Gasteiger partial charge in [-0.05, 0) is 38.5 Å². The van der Waals surface area contributed by atoms with Crippen molar-refractivity contribution < 1.29 is 9.84 Å². The number of H-pyrrole nitrogens is 1. The lowest BCUT2D eigenvalue weighted by Gasteiger charge is -2.16. The Morgan fingerprint density at radius 2 is 2.00 bits per heavy atom. The van der Waals surface area contributed by atoms with E-state index in [1.807, 2.05) is 26.0 Å². The van der Waals surface area contributed by atoms with Gasteiger partial charge in [0.05, 0.1) is 31.1 Å². The predicted octanol–water partition coefficient (Wildman–Crippen LogP) is 1.70. The van der Waals surface area contributed by atoms with E-state index in [1.165, 1.54) is 16.2 Å². The topological polar surface area (TPSA) is 127 Å². The van der Waals surface area contributed by atoms with Crippen LogP contribution in [-0.2, 0) is 18.3 Å². The molecule has 1 atom stereocenters. The first-order valence-corrected chi connectivity index (χ1v) is 10.1. The zero-order valence-corrected chi connectivity index (χ0v) is 18.5. The van der Waals surface area contributed by atoms with E-state index in [4.69, 9.17) is 16.3 Å². The maximum absolute atomic E-state index is 12.5. The van der Waals surface area contributed by atoms with Crippen LogP contribution in [0.2, 0.25) is 5.02 Å². The monoisotopic (exact) mass is 448 g/mol. The third kappa shape index (κ3) is 5.22. The van der Waals surface area contributed by atoms with E-state index in [9.17, 15) is 14.7 Å². The maximum Gasteiger partial charge on any atom is 0.329 e. The molecular weight excluding hydrogens is 424 g/mol. The second-order valence-corrected chi connectivity index (χ2v) is 7.82. The van der Waals surface area contributed by atoms with Crippen LogP contribution in [0.4, 0.5) is 5.95 Å². The fourth-order valence-corrected chi connectivity index (χ4v) is 3.08. The van der Waals surface area contributed by atoms with E-state index in [0.717, 1.165) is 5.56 Å². The molecule has 3 aromatic rings. The summed E-state index contributed by atoms with van der Waals surface area (Å²) in [6.45, 7) is 5.62. The van der Waals surface area contributed by atoms with Crippen molar-refractivity contribution in [3.8, 4) is 0 Å². The van der Waals surface area contributed by atoms with Crippen molar-refractivity contribution in [3.05, 3.63) is 55.7 Å². The zero-order chi connectivity index (χ0) is 22.7. The largest absolute Gasteiger partial charge is 0.389 e. The van der Waals surface area contributed by atoms with E-state index in [1.54, 1.807) is 19.1 Å². The molecule has 0 fully saturated rings. The third-order valence-corrected chi connectivity index (χ3v) is 4.86. The smallest absolute Gasteiger partial charge is 0.329 e. The van der Waals surface area contributed by atoms with Gasteiger partial charge in [-0.1, -0.05) is 23.7 Å². The number of aliphatic hydroxyl groups excluding tert-OH is 1. The summed E-state index contributed by atoms with van der Waals surface area (Å²) in [4.78, 5) is 31.1. The Bertz CT molecular complexity index is 1210. The number of aliphatic hydroxyl groups is 1. The molecule has 0 saturated carbocycles. The molecule has 0 saturated heterocycles. The number of hydrogen-bond donors (Lipinski definition) is 3. The number of hydrogen-bond acceptors (Lipinski definition) is 7. The van der Waals surface area contributed by atoms with Crippen LogP contribution in [-0.4, -0.2) is 48.7 Å². The van der Waals surface area contributed by atoms with Crippen molar-refractivity contribution in [1.82, 2.24) is 19.1 Å². The van der Waals surface area contributed by atoms with Gasteiger partial charge in [-0.2, -0.15) is 10.1 Å². The molecule has 0 bridgehead atoms. The highest BCUT2D eigenvalue weighted by atomic mass is 35.5. The highest BCUT2D eigenvalue weighted by Crippen LogP contribution is 2.17. The minimum Gasteiger partial charge on any atom is -0.389 e. The molecule has 31 heavy (non-hydrogen) atoms. The quantitative estimate of drug-likeness (QED) is 0.355. The number of ether oxygens (including phenoxy) is 1. The van der Waals surface area contributed by atoms with E-state index < -0.39 is 17.4 Å². The molecule has 0 radical (unpaired) electrons. The Labute approximate surface area is 183 Å². The van der Waals surface area contributed by atoms with Crippen LogP contribution in [0, 0.1) is 0 Å². The van der Waals surface area contributed by atoms with Crippen LogP contribution in [0.15, 0.2) is 39.0 Å². The molecule has 0 amide bonds. The summed E-state index contributed by atoms with van der Waals surface area (Å²) in [5.74, 6) is 0.207. The molecule has 10 nitrogen and oxygen atoms in total. The SMILES string of the molecule is C/C(=N\Nc1nc2c(c(=O)[nH]c(=O)n2C)n1CC(O)COC(C)C)c1ccc(Cl)cc1. The van der Waals surface area contributed by atoms with Crippen LogP contribution in [0.1, 0.15) is 26.3 Å². The Kier molecular flexibility index (Phi) is 6.94. The minimum atomic E-state index is -0.904. The highest BCUT2D eigenvalue weighted by Gasteiger charge is 2.20. The Morgan fingerprint density at radius 1 is 1.32 bits per heavy atom. The van der Waals surface area contributed by atoms with E-state index in [2.05, 4.69) is 20.5 Å². The molecule has 0 aliphatic rings. The van der Waals surface area contributed by atoms with Crippen LogP contribution in [0.25, 0.3) is 11.2 Å². The van der Waals surface area contributed by atoms with Gasteiger partial charge in [0.25, 0.3) is 5.56 Å². The summed E-state index contributed by atoms with van der Waals surface area (Å²) < 4.78 is 8.17. The number of hydrazone groups is 1. The second kappa shape index (κ2) is 9.46. The van der Waals surface area contributed by atoms with Crippen LogP contribution in [0.5, 0.6) is 0 Å². The summed E-state index contributed by atoms with van der Waals surface area (Å²) in [6, 6.07) is 7.16. The average molecular weight is 449 g/mol. The molecule has 1 unspecified atom stereocenters. The first-order valence-electron chi connectivity index (χ1n) is 9.72. The van der Waals surface area contributed by atoms with E-state index in [-0.39, 0.29) is 36.4 Å². The fraction of sp³-hybridized carbons (Fsp3) is 0.400. The highest BCUT2D eigenvalue weighted by molar-refractivity contribution is 6.30. The number of aromatic amines is 1. The van der Waals surface area contributed by atoms with Crippen molar-refractivity contribution >= 4 is 34.4 Å². The minimum absolute atomic E-state index is 0.0162. The van der Waals surface area contributed by atoms with Gasteiger partial charge in [0.1, 0.15) is 0 Å². The lowest BCUT2D eigenvalue weighted by atomic mass is 10.1. The van der Waals surface area contributed by atoms with Gasteiger partial charge in [0, 0.05) is 12.1 Å². The first-order chi connectivity index (χ1) is 14.7. The molecule has 166 valence electrons. The summed E-state index contributed by atoms with van der Waals surface area (Å²) in [5, 5.41) is 15.4. The van der Waals surface area contributed by atoms with E-state index in [0.29, 0.717) is 10.7 Å².